The van der Waals surface area contributed by atoms with Crippen LogP contribution in [-0.4, -0.2) is 359 Å². The lowest BCUT2D eigenvalue weighted by atomic mass is 9.96. The van der Waals surface area contributed by atoms with Crippen LogP contribution in [0.1, 0.15) is 179 Å². The minimum atomic E-state index is -1.98. The van der Waals surface area contributed by atoms with Gasteiger partial charge in [0.2, 0.25) is 136 Å². The van der Waals surface area contributed by atoms with Gasteiger partial charge in [0, 0.05) is 45.0 Å². The van der Waals surface area contributed by atoms with Crippen LogP contribution in [0.25, 0.3) is 0 Å². The number of amides is 23. The topological polar surface area (TPSA) is 901 Å². The number of carboxylic acid groups (broad SMARTS) is 1. The highest BCUT2D eigenvalue weighted by atomic mass is 16.4. The molecular formula is C85H140N26O30. The molecule has 34 N–H and O–H groups in total. The number of likely N-dealkylation sites (tertiary alicyclic amines) is 2. The molecule has 2 aliphatic rings. The molecule has 1 aromatic heterocycles. The highest BCUT2D eigenvalue weighted by Gasteiger charge is 2.46. The molecule has 3 rings (SSSR count). The Morgan fingerprint density at radius 1 is 0.404 bits per heavy atom. The summed E-state index contributed by atoms with van der Waals surface area (Å²) in [6, 6.07) is -29.7. The number of aliphatic carboxylic acids is 1. The van der Waals surface area contributed by atoms with E-state index in [0.29, 0.717) is 0 Å². The third-order valence-corrected chi connectivity index (χ3v) is 22.8. The molecule has 0 radical (unpaired) electrons. The molecule has 2 aliphatic heterocycles. The largest absolute Gasteiger partial charge is 0.480 e. The number of rotatable bonds is 61. The number of primary amides is 4. The molecular weight excluding hydrogens is 1870 g/mol. The van der Waals surface area contributed by atoms with E-state index < -0.39 is 364 Å². The van der Waals surface area contributed by atoms with E-state index in [1.807, 2.05) is 0 Å². The van der Waals surface area contributed by atoms with Crippen LogP contribution >= 0.6 is 0 Å². The molecule has 2 fully saturated rings. The zero-order chi connectivity index (χ0) is 107. The summed E-state index contributed by atoms with van der Waals surface area (Å²) in [4.78, 5) is 333. The van der Waals surface area contributed by atoms with Crippen molar-refractivity contribution in [3.63, 3.8) is 0 Å². The average molecular weight is 2010 g/mol. The second-order valence-corrected chi connectivity index (χ2v) is 35.7. The maximum Gasteiger partial charge on any atom is 0.326 e. The number of nitrogens with two attached hydrogens (primary N) is 5. The molecule has 0 aliphatic carbocycles. The number of aromatic amines is 1. The summed E-state index contributed by atoms with van der Waals surface area (Å²) in [5.74, 6) is -28.3. The molecule has 0 aromatic carbocycles. The smallest absolute Gasteiger partial charge is 0.326 e. The van der Waals surface area contributed by atoms with Gasteiger partial charge in [-0.3, -0.25) is 110 Å². The fraction of sp³-hybridized carbons (Fsp3) is 0.682. The molecule has 23 amide bonds. The van der Waals surface area contributed by atoms with Gasteiger partial charge in [-0.05, 0) is 110 Å². The van der Waals surface area contributed by atoms with Gasteiger partial charge < -0.3 is 164 Å². The lowest BCUT2D eigenvalue weighted by molar-refractivity contribution is -0.143. The van der Waals surface area contributed by atoms with Crippen molar-refractivity contribution >= 4 is 142 Å². The van der Waals surface area contributed by atoms with Gasteiger partial charge in [-0.25, -0.2) is 9.78 Å². The summed E-state index contributed by atoms with van der Waals surface area (Å²) in [5, 5.41) is 102. The quantitative estimate of drug-likeness (QED) is 0.0288. The molecule has 141 heavy (non-hydrogen) atoms. The number of imidazole rings is 1. The van der Waals surface area contributed by atoms with Gasteiger partial charge >= 0.3 is 5.97 Å². The second-order valence-electron chi connectivity index (χ2n) is 35.7. The van der Waals surface area contributed by atoms with Crippen LogP contribution in [0.5, 0.6) is 0 Å². The van der Waals surface area contributed by atoms with Crippen LogP contribution in [0.3, 0.4) is 0 Å². The van der Waals surface area contributed by atoms with Crippen LogP contribution in [0.4, 0.5) is 0 Å². The fourth-order valence-corrected chi connectivity index (χ4v) is 14.6. The van der Waals surface area contributed by atoms with E-state index in [2.05, 4.69) is 100 Å². The number of carbonyl (C=O) groups excluding carboxylic acids is 23. The summed E-state index contributed by atoms with van der Waals surface area (Å²) in [6.45, 7) is 14.1. The van der Waals surface area contributed by atoms with Gasteiger partial charge in [-0.2, -0.15) is 0 Å². The number of hydrogen-bond donors (Lipinski definition) is 29. The first kappa shape index (κ1) is 121. The molecule has 1 aromatic rings. The lowest BCUT2D eigenvalue weighted by Crippen LogP contribution is -2.63. The monoisotopic (exact) mass is 2010 g/mol. The van der Waals surface area contributed by atoms with Gasteiger partial charge in [0.1, 0.15) is 109 Å². The van der Waals surface area contributed by atoms with Crippen LogP contribution < -0.4 is 119 Å². The molecule has 0 unspecified atom stereocenters. The Morgan fingerprint density at radius 2 is 0.773 bits per heavy atom. The summed E-state index contributed by atoms with van der Waals surface area (Å²) >= 11 is 0. The summed E-state index contributed by atoms with van der Waals surface area (Å²) in [5.41, 5.74) is 27.2. The van der Waals surface area contributed by atoms with Crippen LogP contribution in [0, 0.1) is 23.7 Å². The van der Waals surface area contributed by atoms with E-state index >= 15 is 0 Å². The Hall–Kier alpha value is -13.7. The maximum atomic E-state index is 14.8. The normalized spacial score (nSPS) is 17.7. The van der Waals surface area contributed by atoms with Crippen molar-refractivity contribution in [1.29, 1.82) is 0 Å². The summed E-state index contributed by atoms with van der Waals surface area (Å²) in [6.07, 6.45) is -6.86. The highest BCUT2D eigenvalue weighted by molar-refractivity contribution is 6.03. The Morgan fingerprint density at radius 3 is 1.20 bits per heavy atom. The van der Waals surface area contributed by atoms with Crippen molar-refractivity contribution in [3.8, 4) is 0 Å². The standard InChI is InChI=1S/C85H140N26O30/c1-14-39(8)64(107-72(127)46(19-22-56(87)117)96-61(122)32-92-70(125)50(29-59(90)120)99-77(132)54-17-15-25-110(54)83(138)48(21-24-58(89)119)98-80(135)67(44(13)116)109-82(137)65(42(11)114)104-60(121)30-86)84(139)111-26-16-18-55(111)76(131)97-47(20-23-57(88)118)71(126)94-41(10)69(124)108-66(43(12)115)81(136)100-49(28-45-31-91-35-93-45)73(128)102-53(34-113)75(130)106-63(38(6)7)79(134)103-52(33-112)74(129)95-40(9)68(123)105-62(37(4)5)78(133)101-51(85(140)141)27-36(2)3/h31,35-44,46-55,62-67,112-116H,14-30,32-34,86H2,1-13H3,(H2,87,117)(H2,88,118)(H2,89,119)(H2,90,120)(H,91,93)(H,92,125)(H,94,126)(H,95,129)(H,96,122)(H,97,131)(H,98,135)(H,99,132)(H,100,136)(H,101,133)(H,102,128)(H,103,134)(H,104,121)(H,105,123)(H,106,130)(H,107,127)(H,108,124)(H,109,137)(H,140,141)/t39-,40-,41-,42+,43+,44+,46-,47-,48-,49-,50-,51-,52-,53-,54-,55-,62-,63-,64-,65-,66-,67-/m0/s1. The zero-order valence-corrected chi connectivity index (χ0v) is 80.9. The van der Waals surface area contributed by atoms with Crippen LogP contribution in [-0.2, 0) is 121 Å². The molecule has 2 saturated heterocycles. The van der Waals surface area contributed by atoms with Crippen molar-refractivity contribution in [2.24, 2.45) is 52.3 Å². The summed E-state index contributed by atoms with van der Waals surface area (Å²) in [7, 11) is 0. The Kier molecular flexibility index (Phi) is 50.8. The van der Waals surface area contributed by atoms with Gasteiger partial charge in [0.05, 0.1) is 63.1 Å². The van der Waals surface area contributed by atoms with Crippen LogP contribution in [0.15, 0.2) is 12.5 Å². The first-order valence-electron chi connectivity index (χ1n) is 46.0. The van der Waals surface area contributed by atoms with Crippen molar-refractivity contribution < 1.29 is 146 Å². The minimum absolute atomic E-state index is 0.0663. The molecule has 56 heteroatoms. The maximum absolute atomic E-state index is 14.8. The molecule has 0 saturated carbocycles. The molecule has 790 valence electrons. The molecule has 22 atom stereocenters. The number of H-pyrrole nitrogens is 1. The van der Waals surface area contributed by atoms with E-state index in [4.69, 9.17) is 28.7 Å². The average Bonchev–Trinajstić information content (AvgIpc) is 1.65. The lowest BCUT2D eigenvalue weighted by Gasteiger charge is -2.33. The summed E-state index contributed by atoms with van der Waals surface area (Å²) < 4.78 is 0. The van der Waals surface area contributed by atoms with Crippen LogP contribution in [0.2, 0.25) is 0 Å². The van der Waals surface area contributed by atoms with Gasteiger partial charge in [-0.15, -0.1) is 0 Å². The molecule has 0 bridgehead atoms. The van der Waals surface area contributed by atoms with E-state index in [1.54, 1.807) is 41.5 Å². The number of aliphatic hydroxyl groups is 5. The number of hydrogen-bond acceptors (Lipinski definition) is 31. The van der Waals surface area contributed by atoms with Crippen molar-refractivity contribution in [2.45, 2.75) is 307 Å². The SMILES string of the molecule is CC[C@H](C)[C@H](NC(=O)[C@H](CCC(N)=O)NC(=O)CNC(=O)[C@H](CC(N)=O)NC(=O)[C@@H]1CCCN1C(=O)[C@H](CCC(N)=O)NC(=O)[C@@H](NC(=O)[C@@H](NC(=O)CN)[C@@H](C)O)[C@@H](C)O)C(=O)N1CCC[C@H]1C(=O)N[C@@H](CCC(N)=O)C(=O)N[C@@H](C)C(=O)N[C@H](C(=O)N[C@@H](Cc1c[nH]cn1)C(=O)N[C@@H](CO)C(=O)N[C@H](C(=O)N[C@@H](CO)C(=O)N[C@@H](C)C(=O)N[C@H](C(=O)N[C@@H](CC(C)C)C(=O)O)C(C)C)C(C)C)[C@@H](C)O. The van der Waals surface area contributed by atoms with Gasteiger partial charge in [-0.1, -0.05) is 61.8 Å². The van der Waals surface area contributed by atoms with Gasteiger partial charge in [0.25, 0.3) is 0 Å². The van der Waals surface area contributed by atoms with Crippen molar-refractivity contribution in [1.82, 2.24) is 110 Å². The molecule has 56 nitrogen and oxygen atoms in total. The predicted octanol–water partition coefficient (Wildman–Crippen LogP) is -13.9. The zero-order valence-electron chi connectivity index (χ0n) is 80.9. The first-order chi connectivity index (χ1) is 65.9. The van der Waals surface area contributed by atoms with Crippen molar-refractivity contribution in [2.75, 3.05) is 39.4 Å². The first-order valence-corrected chi connectivity index (χ1v) is 46.0. The fourth-order valence-electron chi connectivity index (χ4n) is 14.6. The number of aliphatic hydroxyl groups excluding tert-OH is 5. The highest BCUT2D eigenvalue weighted by Crippen LogP contribution is 2.25. The van der Waals surface area contributed by atoms with Gasteiger partial charge in [0.15, 0.2) is 0 Å². The van der Waals surface area contributed by atoms with Crippen molar-refractivity contribution in [3.05, 3.63) is 18.2 Å². The van der Waals surface area contributed by atoms with E-state index in [0.717, 1.165) is 37.5 Å². The third kappa shape index (κ3) is 39.8. The predicted molar refractivity (Wildman–Crippen MR) is 491 cm³/mol. The number of aromatic nitrogens is 2. The Bertz CT molecular complexity index is 4580. The molecule has 0 spiro atoms. The molecule has 3 heterocycles. The van der Waals surface area contributed by atoms with E-state index in [1.165, 1.54) is 33.3 Å². The second kappa shape index (κ2) is 59.0. The van der Waals surface area contributed by atoms with E-state index in [9.17, 15) is 146 Å². The Labute approximate surface area is 811 Å². The minimum Gasteiger partial charge on any atom is -0.480 e. The van der Waals surface area contributed by atoms with E-state index in [-0.39, 0.29) is 63.2 Å². The number of carbonyl (C=O) groups is 24. The number of nitrogens with zero attached hydrogens (tertiary/aromatic N) is 3. The number of carboxylic acids is 1. The Balaban J connectivity index is 1.79. The number of nitrogens with one attached hydrogen (secondary N) is 18. The third-order valence-electron chi connectivity index (χ3n) is 22.8.